The van der Waals surface area contributed by atoms with Crippen LogP contribution in [0.4, 0.5) is 22.5 Å². The lowest BCUT2D eigenvalue weighted by molar-refractivity contribution is 0.103. The summed E-state index contributed by atoms with van der Waals surface area (Å²) in [5.41, 5.74) is 1.51. The monoisotopic (exact) mass is 457 g/mol. The van der Waals surface area contributed by atoms with Gasteiger partial charge in [-0.25, -0.2) is 15.0 Å². The maximum absolute atomic E-state index is 12.7. The molecule has 162 valence electrons. The molecule has 10 heteroatoms. The number of aryl methyl sites for hydroxylation is 2. The van der Waals surface area contributed by atoms with Crippen molar-refractivity contribution in [2.24, 2.45) is 0 Å². The average molecular weight is 458 g/mol. The number of anilines is 4. The molecule has 3 aromatic rings. The molecule has 1 amide bonds. The molecule has 0 atom stereocenters. The second-order valence-electron chi connectivity index (χ2n) is 7.49. The van der Waals surface area contributed by atoms with E-state index in [0.717, 1.165) is 37.6 Å². The van der Waals surface area contributed by atoms with Crippen LogP contribution in [0.25, 0.3) is 0 Å². The van der Waals surface area contributed by atoms with Gasteiger partial charge in [-0.15, -0.1) is 0 Å². The minimum Gasteiger partial charge on any atom is -0.354 e. The fraction of sp³-hybridized carbons (Fsp3) is 0.333. The van der Waals surface area contributed by atoms with Gasteiger partial charge in [-0.3, -0.25) is 4.79 Å². The van der Waals surface area contributed by atoms with E-state index in [2.05, 4.69) is 42.4 Å². The number of amides is 1. The number of hydrogen-bond acceptors (Lipinski definition) is 8. The molecule has 2 aromatic heterocycles. The lowest BCUT2D eigenvalue weighted by Gasteiger charge is -2.33. The van der Waals surface area contributed by atoms with Gasteiger partial charge in [0.25, 0.3) is 5.91 Å². The summed E-state index contributed by atoms with van der Waals surface area (Å²) < 4.78 is 0. The molecular weight excluding hydrogens is 434 g/mol. The number of nitrogens with zero attached hydrogens (tertiary/aromatic N) is 5. The first-order valence-electron chi connectivity index (χ1n) is 9.97. The van der Waals surface area contributed by atoms with Crippen molar-refractivity contribution in [1.29, 1.82) is 0 Å². The first-order chi connectivity index (χ1) is 14.9. The molecule has 0 unspecified atom stereocenters. The molecule has 1 aliphatic heterocycles. The Morgan fingerprint density at radius 3 is 2.68 bits per heavy atom. The summed E-state index contributed by atoms with van der Waals surface area (Å²) in [6, 6.07) is 7.42. The minimum absolute atomic E-state index is 0.251. The number of piperazine rings is 1. The highest BCUT2D eigenvalue weighted by Crippen LogP contribution is 2.28. The fourth-order valence-electron chi connectivity index (χ4n) is 3.33. The minimum atomic E-state index is -0.251. The van der Waals surface area contributed by atoms with Crippen molar-refractivity contribution < 1.29 is 4.79 Å². The molecule has 0 aliphatic carbocycles. The van der Waals surface area contributed by atoms with Gasteiger partial charge in [-0.2, -0.15) is 0 Å². The van der Waals surface area contributed by atoms with E-state index in [0.29, 0.717) is 32.4 Å². The molecule has 8 nitrogen and oxygen atoms in total. The van der Waals surface area contributed by atoms with Crippen molar-refractivity contribution >= 4 is 51.3 Å². The van der Waals surface area contributed by atoms with Crippen molar-refractivity contribution in [3.63, 3.8) is 0 Å². The van der Waals surface area contributed by atoms with Crippen LogP contribution in [0.3, 0.4) is 0 Å². The third kappa shape index (κ3) is 5.12. The van der Waals surface area contributed by atoms with Crippen LogP contribution >= 0.6 is 22.9 Å². The molecule has 3 heterocycles. The lowest BCUT2D eigenvalue weighted by atomic mass is 10.2. The molecule has 0 radical (unpaired) electrons. The molecule has 1 aromatic carbocycles. The summed E-state index contributed by atoms with van der Waals surface area (Å²) in [7, 11) is 2.12. The van der Waals surface area contributed by atoms with Gasteiger partial charge in [0.15, 0.2) is 5.13 Å². The van der Waals surface area contributed by atoms with Crippen LogP contribution in [0.5, 0.6) is 0 Å². The average Bonchev–Trinajstić information content (AvgIpc) is 3.19. The number of hydrogen-bond donors (Lipinski definition) is 2. The van der Waals surface area contributed by atoms with Crippen LogP contribution in [0, 0.1) is 13.8 Å². The van der Waals surface area contributed by atoms with Crippen LogP contribution in [0.15, 0.2) is 30.5 Å². The Morgan fingerprint density at radius 1 is 1.16 bits per heavy atom. The summed E-state index contributed by atoms with van der Waals surface area (Å²) in [5, 5.41) is 7.17. The smallest absolute Gasteiger partial charge is 0.267 e. The normalized spacial score (nSPS) is 14.5. The van der Waals surface area contributed by atoms with Crippen LogP contribution in [-0.4, -0.2) is 59.0 Å². The Morgan fingerprint density at radius 2 is 1.94 bits per heavy atom. The number of para-hydroxylation sites is 1. The zero-order chi connectivity index (χ0) is 22.0. The molecule has 0 bridgehead atoms. The van der Waals surface area contributed by atoms with E-state index in [1.165, 1.54) is 11.3 Å². The van der Waals surface area contributed by atoms with Gasteiger partial charge in [0.05, 0.1) is 16.9 Å². The van der Waals surface area contributed by atoms with E-state index in [1.807, 2.05) is 32.0 Å². The number of nitrogens with one attached hydrogen (secondary N) is 2. The largest absolute Gasteiger partial charge is 0.354 e. The van der Waals surface area contributed by atoms with Gasteiger partial charge >= 0.3 is 0 Å². The van der Waals surface area contributed by atoms with Crippen molar-refractivity contribution in [2.75, 3.05) is 48.8 Å². The van der Waals surface area contributed by atoms with Crippen molar-refractivity contribution in [1.82, 2.24) is 19.9 Å². The third-order valence-corrected chi connectivity index (χ3v) is 6.30. The number of thiazole rings is 1. The first-order valence-corrected chi connectivity index (χ1v) is 11.2. The van der Waals surface area contributed by atoms with E-state index in [-0.39, 0.29) is 5.91 Å². The van der Waals surface area contributed by atoms with Gasteiger partial charge in [-0.1, -0.05) is 35.1 Å². The molecule has 1 saturated heterocycles. The van der Waals surface area contributed by atoms with Crippen LogP contribution in [-0.2, 0) is 0 Å². The molecule has 2 N–H and O–H groups in total. The zero-order valence-electron chi connectivity index (χ0n) is 17.6. The summed E-state index contributed by atoms with van der Waals surface area (Å²) in [6.07, 6.45) is 1.55. The molecule has 0 spiro atoms. The topological polar surface area (TPSA) is 86.3 Å². The highest BCUT2D eigenvalue weighted by molar-refractivity contribution is 7.17. The highest BCUT2D eigenvalue weighted by atomic mass is 35.5. The quantitative estimate of drug-likeness (QED) is 0.599. The van der Waals surface area contributed by atoms with Gasteiger partial charge < -0.3 is 20.4 Å². The lowest BCUT2D eigenvalue weighted by Crippen LogP contribution is -2.44. The predicted molar refractivity (Wildman–Crippen MR) is 126 cm³/mol. The van der Waals surface area contributed by atoms with Crippen LogP contribution in [0.2, 0.25) is 5.02 Å². The molecular formula is C21H24ClN7OS. The summed E-state index contributed by atoms with van der Waals surface area (Å²) in [4.78, 5) is 31.1. The Hall–Kier alpha value is -2.75. The number of benzene rings is 1. The van der Waals surface area contributed by atoms with Gasteiger partial charge in [0.1, 0.15) is 22.3 Å². The molecule has 4 rings (SSSR count). The second-order valence-corrected chi connectivity index (χ2v) is 8.93. The van der Waals surface area contributed by atoms with E-state index < -0.39 is 0 Å². The maximum Gasteiger partial charge on any atom is 0.267 e. The standard InChI is InChI=1S/C21H24ClN7OS/c1-13-5-4-6-15(22)19(13)27-20(30)16-12-23-21(31-16)26-17-11-18(25-14(2)24-17)29-9-7-28(3)8-10-29/h4-6,11-12H,7-10H2,1-3H3,(H,27,30)(H,23,24,25,26). The summed E-state index contributed by atoms with van der Waals surface area (Å²) >= 11 is 7.47. The SMILES string of the molecule is Cc1nc(Nc2ncc(C(=O)Nc3c(C)cccc3Cl)s2)cc(N2CCN(C)CC2)n1. The Balaban J connectivity index is 1.47. The first kappa shape index (κ1) is 21.5. The zero-order valence-corrected chi connectivity index (χ0v) is 19.2. The number of likely N-dealkylation sites (N-methyl/N-ethyl adjacent to an activating group) is 1. The Bertz CT molecular complexity index is 1070. The second kappa shape index (κ2) is 9.17. The van der Waals surface area contributed by atoms with Crippen molar-refractivity contribution in [2.45, 2.75) is 13.8 Å². The fourth-order valence-corrected chi connectivity index (χ4v) is 4.31. The highest BCUT2D eigenvalue weighted by Gasteiger charge is 2.18. The van der Waals surface area contributed by atoms with Gasteiger partial charge in [-0.05, 0) is 32.5 Å². The predicted octanol–water partition coefficient (Wildman–Crippen LogP) is 3.95. The van der Waals surface area contributed by atoms with Gasteiger partial charge in [0, 0.05) is 32.2 Å². The van der Waals surface area contributed by atoms with Gasteiger partial charge in [0.2, 0.25) is 0 Å². The number of carbonyl (C=O) groups is 1. The molecule has 0 saturated carbocycles. The number of carbonyl (C=O) groups excluding carboxylic acids is 1. The molecule has 1 aliphatic rings. The van der Waals surface area contributed by atoms with E-state index in [1.54, 1.807) is 12.3 Å². The van der Waals surface area contributed by atoms with E-state index >= 15 is 0 Å². The molecule has 31 heavy (non-hydrogen) atoms. The van der Waals surface area contributed by atoms with Crippen LogP contribution in [0.1, 0.15) is 21.1 Å². The van der Waals surface area contributed by atoms with Crippen LogP contribution < -0.4 is 15.5 Å². The number of rotatable bonds is 5. The van der Waals surface area contributed by atoms with E-state index in [9.17, 15) is 4.79 Å². The number of aromatic nitrogens is 3. The molecule has 1 fully saturated rings. The number of halogens is 1. The Labute approximate surface area is 190 Å². The third-order valence-electron chi connectivity index (χ3n) is 5.08. The summed E-state index contributed by atoms with van der Waals surface area (Å²) in [5.74, 6) is 1.98. The van der Waals surface area contributed by atoms with E-state index in [4.69, 9.17) is 11.6 Å². The van der Waals surface area contributed by atoms with Crippen molar-refractivity contribution in [3.8, 4) is 0 Å². The summed E-state index contributed by atoms with van der Waals surface area (Å²) in [6.45, 7) is 7.63. The maximum atomic E-state index is 12.7. The Kier molecular flexibility index (Phi) is 6.35. The van der Waals surface area contributed by atoms with Crippen molar-refractivity contribution in [3.05, 3.63) is 51.7 Å².